The number of likely N-dealkylation sites (tertiary alicyclic amines) is 1. The Balaban J connectivity index is 1.57. The maximum atomic E-state index is 13.8. The highest BCUT2D eigenvalue weighted by atomic mass is 32.2. The Morgan fingerprint density at radius 3 is 2.76 bits per heavy atom. The van der Waals surface area contributed by atoms with Crippen LogP contribution in [0.5, 0.6) is 5.75 Å². The Bertz CT molecular complexity index is 1000. The quantitative estimate of drug-likeness (QED) is 0.828. The Morgan fingerprint density at radius 1 is 1.24 bits per heavy atom. The van der Waals surface area contributed by atoms with Crippen molar-refractivity contribution >= 4 is 15.9 Å². The Labute approximate surface area is 171 Å². The molecule has 0 aliphatic carbocycles. The van der Waals surface area contributed by atoms with Crippen LogP contribution in [0.2, 0.25) is 0 Å². The lowest BCUT2D eigenvalue weighted by atomic mass is 9.83. The summed E-state index contributed by atoms with van der Waals surface area (Å²) in [7, 11) is -2.04. The minimum absolute atomic E-state index is 0.168. The highest BCUT2D eigenvalue weighted by Crippen LogP contribution is 2.41. The average molecular weight is 420 g/mol. The van der Waals surface area contributed by atoms with Gasteiger partial charge >= 0.3 is 10.2 Å². The van der Waals surface area contributed by atoms with Gasteiger partial charge in [0.15, 0.2) is 0 Å². The molecule has 6 nitrogen and oxygen atoms in total. The van der Waals surface area contributed by atoms with Gasteiger partial charge in [-0.2, -0.15) is 13.1 Å². The Hall–Kier alpha value is -2.16. The third-order valence-electron chi connectivity index (χ3n) is 5.98. The van der Waals surface area contributed by atoms with E-state index in [1.165, 1.54) is 16.4 Å². The fraction of sp³-hybridized carbons (Fsp3) is 0.429. The number of hydrogen-bond acceptors (Lipinski definition) is 4. The molecule has 2 aliphatic rings. The van der Waals surface area contributed by atoms with Gasteiger partial charge in [0.2, 0.25) is 0 Å². The fourth-order valence-electron chi connectivity index (χ4n) is 4.57. The molecule has 2 heterocycles. The number of benzene rings is 2. The van der Waals surface area contributed by atoms with Crippen LogP contribution >= 0.6 is 0 Å². The predicted octanol–water partition coefficient (Wildman–Crippen LogP) is 2.91. The first-order valence-corrected chi connectivity index (χ1v) is 11.2. The van der Waals surface area contributed by atoms with Crippen molar-refractivity contribution in [1.29, 1.82) is 0 Å². The molecule has 1 N–H and O–H groups in total. The van der Waals surface area contributed by atoms with Gasteiger partial charge in [-0.05, 0) is 55.7 Å². The number of piperidine rings is 1. The van der Waals surface area contributed by atoms with E-state index >= 15 is 0 Å². The van der Waals surface area contributed by atoms with Gasteiger partial charge in [0.05, 0.1) is 18.3 Å². The fourth-order valence-corrected chi connectivity index (χ4v) is 6.28. The van der Waals surface area contributed by atoms with E-state index in [0.717, 1.165) is 24.4 Å². The van der Waals surface area contributed by atoms with Crippen LogP contribution in [0.4, 0.5) is 10.1 Å². The second-order valence-electron chi connectivity index (χ2n) is 7.92. The number of nitrogens with zero attached hydrogens (tertiary/aromatic N) is 2. The summed E-state index contributed by atoms with van der Waals surface area (Å²) in [4.78, 5) is 2.36. The Morgan fingerprint density at radius 2 is 2.03 bits per heavy atom. The lowest BCUT2D eigenvalue weighted by Gasteiger charge is -2.47. The second-order valence-corrected chi connectivity index (χ2v) is 9.52. The number of anilines is 1. The average Bonchev–Trinajstić information content (AvgIpc) is 2.94. The van der Waals surface area contributed by atoms with Crippen LogP contribution in [0.1, 0.15) is 25.3 Å². The number of rotatable bonds is 4. The van der Waals surface area contributed by atoms with E-state index in [1.54, 1.807) is 19.2 Å². The minimum atomic E-state index is -3.69. The van der Waals surface area contributed by atoms with E-state index in [0.29, 0.717) is 25.1 Å². The minimum Gasteiger partial charge on any atom is -0.497 e. The van der Waals surface area contributed by atoms with Crippen LogP contribution in [-0.2, 0) is 16.8 Å². The van der Waals surface area contributed by atoms with Gasteiger partial charge in [0.1, 0.15) is 11.6 Å². The number of methoxy groups -OCH3 is 1. The lowest BCUT2D eigenvalue weighted by molar-refractivity contribution is 0.106. The molecular weight excluding hydrogens is 393 g/mol. The van der Waals surface area contributed by atoms with E-state index in [4.69, 9.17) is 4.74 Å². The normalized spacial score (nSPS) is 26.7. The predicted molar refractivity (Wildman–Crippen MR) is 111 cm³/mol. The van der Waals surface area contributed by atoms with Gasteiger partial charge in [0, 0.05) is 25.7 Å². The topological polar surface area (TPSA) is 61.9 Å². The summed E-state index contributed by atoms with van der Waals surface area (Å²) in [6.07, 6.45) is 1.34. The summed E-state index contributed by atoms with van der Waals surface area (Å²) < 4.78 is 48.7. The molecule has 0 amide bonds. The monoisotopic (exact) mass is 419 g/mol. The first-order chi connectivity index (χ1) is 13.8. The molecule has 0 radical (unpaired) electrons. The summed E-state index contributed by atoms with van der Waals surface area (Å²) in [6, 6.07) is 14.0. The maximum Gasteiger partial charge on any atom is 0.302 e. The molecule has 2 fully saturated rings. The van der Waals surface area contributed by atoms with Crippen LogP contribution in [0.25, 0.3) is 0 Å². The highest BCUT2D eigenvalue weighted by molar-refractivity contribution is 7.91. The van der Waals surface area contributed by atoms with Gasteiger partial charge in [-0.25, -0.2) is 4.39 Å². The molecule has 156 valence electrons. The van der Waals surface area contributed by atoms with Crippen LogP contribution in [0, 0.1) is 5.82 Å². The van der Waals surface area contributed by atoms with E-state index in [1.807, 2.05) is 18.2 Å². The van der Waals surface area contributed by atoms with Crippen molar-refractivity contribution in [3.8, 4) is 5.75 Å². The van der Waals surface area contributed by atoms with Crippen LogP contribution in [-0.4, -0.2) is 45.1 Å². The van der Waals surface area contributed by atoms with Crippen LogP contribution < -0.4 is 13.8 Å². The number of ether oxygens (including phenoxy) is 1. The van der Waals surface area contributed by atoms with Crippen molar-refractivity contribution in [2.24, 2.45) is 0 Å². The SMILES string of the molecule is COc1cccc(CN2CC[C@]3(CNS(=O)(=O)N3c3cccc(F)c3)C[C@@H]2C)c1. The van der Waals surface area contributed by atoms with Crippen molar-refractivity contribution in [2.75, 3.05) is 24.5 Å². The smallest absolute Gasteiger partial charge is 0.302 e. The van der Waals surface area contributed by atoms with Crippen molar-refractivity contribution in [3.05, 3.63) is 59.9 Å². The zero-order valence-corrected chi connectivity index (χ0v) is 17.5. The molecule has 8 heteroatoms. The number of hydrogen-bond donors (Lipinski definition) is 1. The molecule has 2 aliphatic heterocycles. The third-order valence-corrected chi connectivity index (χ3v) is 7.57. The maximum absolute atomic E-state index is 13.8. The van der Waals surface area contributed by atoms with Crippen molar-refractivity contribution in [1.82, 2.24) is 9.62 Å². The van der Waals surface area contributed by atoms with Crippen molar-refractivity contribution in [3.63, 3.8) is 0 Å². The largest absolute Gasteiger partial charge is 0.497 e. The summed E-state index contributed by atoms with van der Waals surface area (Å²) in [5.41, 5.74) is 0.950. The second kappa shape index (κ2) is 7.59. The molecule has 0 saturated carbocycles. The zero-order chi connectivity index (χ0) is 20.6. The van der Waals surface area contributed by atoms with E-state index < -0.39 is 21.6 Å². The molecule has 2 aromatic rings. The van der Waals surface area contributed by atoms with Gasteiger partial charge < -0.3 is 4.74 Å². The van der Waals surface area contributed by atoms with Gasteiger partial charge in [-0.1, -0.05) is 18.2 Å². The van der Waals surface area contributed by atoms with Crippen LogP contribution in [0.3, 0.4) is 0 Å². The first-order valence-electron chi connectivity index (χ1n) is 9.76. The number of nitrogens with one attached hydrogen (secondary N) is 1. The zero-order valence-electron chi connectivity index (χ0n) is 16.6. The van der Waals surface area contributed by atoms with Crippen molar-refractivity contribution < 1.29 is 17.5 Å². The summed E-state index contributed by atoms with van der Waals surface area (Å²) in [5, 5.41) is 0. The molecule has 29 heavy (non-hydrogen) atoms. The molecule has 0 bridgehead atoms. The van der Waals surface area contributed by atoms with Gasteiger partial charge in [-0.15, -0.1) is 0 Å². The van der Waals surface area contributed by atoms with Gasteiger partial charge in [-0.3, -0.25) is 9.21 Å². The highest BCUT2D eigenvalue weighted by Gasteiger charge is 2.52. The number of halogens is 1. The molecule has 2 saturated heterocycles. The Kier molecular flexibility index (Phi) is 5.27. The first kappa shape index (κ1) is 20.1. The molecule has 0 aromatic heterocycles. The standard InChI is InChI=1S/C21H26FN3O3S/c1-16-13-21(9-10-24(16)14-17-5-3-8-20(11-17)28-2)15-23-29(26,27)25(21)19-7-4-6-18(22)12-19/h3-8,11-12,16,23H,9-10,13-15H2,1-2H3/t16-,21+/m0/s1. The molecular formula is C21H26FN3O3S. The molecule has 1 spiro atoms. The molecule has 2 atom stereocenters. The third kappa shape index (κ3) is 3.84. The van der Waals surface area contributed by atoms with Crippen molar-refractivity contribution in [2.45, 2.75) is 37.9 Å². The van der Waals surface area contributed by atoms with E-state index in [2.05, 4.69) is 22.6 Å². The summed E-state index contributed by atoms with van der Waals surface area (Å²) in [6.45, 7) is 3.98. The molecule has 0 unspecified atom stereocenters. The lowest BCUT2D eigenvalue weighted by Crippen LogP contribution is -2.57. The molecule has 4 rings (SSSR count). The summed E-state index contributed by atoms with van der Waals surface area (Å²) in [5.74, 6) is 0.384. The van der Waals surface area contributed by atoms with E-state index in [-0.39, 0.29) is 6.04 Å². The van der Waals surface area contributed by atoms with E-state index in [9.17, 15) is 12.8 Å². The molecule has 2 aromatic carbocycles. The van der Waals surface area contributed by atoms with Gasteiger partial charge in [0.25, 0.3) is 0 Å². The summed E-state index contributed by atoms with van der Waals surface area (Å²) >= 11 is 0. The van der Waals surface area contributed by atoms with Crippen LogP contribution in [0.15, 0.2) is 48.5 Å².